The van der Waals surface area contributed by atoms with Crippen molar-refractivity contribution in [2.75, 3.05) is 21.1 Å². The highest BCUT2D eigenvalue weighted by Gasteiger charge is 2.44. The maximum Gasteiger partial charge on any atom is 0.311 e. The van der Waals surface area contributed by atoms with Crippen molar-refractivity contribution in [3.63, 3.8) is 0 Å². The molecule has 0 fully saturated rings. The fourth-order valence-corrected chi connectivity index (χ4v) is 3.00. The minimum Gasteiger partial charge on any atom is -0.380 e. The van der Waals surface area contributed by atoms with E-state index in [1.54, 1.807) is 0 Å². The molecule has 1 heterocycles. The van der Waals surface area contributed by atoms with Crippen molar-refractivity contribution in [2.45, 2.75) is 38.1 Å². The summed E-state index contributed by atoms with van der Waals surface area (Å²) in [6.07, 6.45) is -1.73. The van der Waals surface area contributed by atoms with Gasteiger partial charge in [-0.3, -0.25) is 29.1 Å². The van der Waals surface area contributed by atoms with Crippen molar-refractivity contribution in [3.05, 3.63) is 35.6 Å². The Morgan fingerprint density at radius 3 is 2.35 bits per heavy atom. The Morgan fingerprint density at radius 1 is 1.23 bits per heavy atom. The molecule has 0 radical (unpaired) electrons. The van der Waals surface area contributed by atoms with Crippen molar-refractivity contribution in [3.8, 4) is 0 Å². The van der Waals surface area contributed by atoms with Crippen LogP contribution in [0.1, 0.15) is 19.4 Å². The van der Waals surface area contributed by atoms with Crippen molar-refractivity contribution in [1.29, 1.82) is 0 Å². The molecule has 1 aromatic rings. The number of likely N-dealkylation sites (N-methyl/N-ethyl adjacent to an activating group) is 2. The van der Waals surface area contributed by atoms with Crippen LogP contribution in [0.25, 0.3) is 0 Å². The van der Waals surface area contributed by atoms with Gasteiger partial charge in [0.15, 0.2) is 12.1 Å². The van der Waals surface area contributed by atoms with Gasteiger partial charge < -0.3 is 20.6 Å². The quantitative estimate of drug-likeness (QED) is 0.512. The summed E-state index contributed by atoms with van der Waals surface area (Å²) in [7, 11) is 4.18. The van der Waals surface area contributed by atoms with Crippen LogP contribution in [0.4, 0.5) is 4.39 Å². The number of nitrogens with one attached hydrogen (secondary N) is 2. The lowest BCUT2D eigenvalue weighted by Crippen LogP contribution is -2.64. The second-order valence-electron chi connectivity index (χ2n) is 7.86. The van der Waals surface area contributed by atoms with Gasteiger partial charge in [0.25, 0.3) is 5.91 Å². The number of hydrogen-bond acceptors (Lipinski definition) is 6. The fourth-order valence-electron chi connectivity index (χ4n) is 3.00. The third-order valence-electron chi connectivity index (χ3n) is 4.70. The lowest BCUT2D eigenvalue weighted by atomic mass is 9.97. The molecule has 1 aliphatic rings. The molecule has 0 aliphatic carbocycles. The Labute approximate surface area is 179 Å². The normalized spacial score (nSPS) is 18.9. The highest BCUT2D eigenvalue weighted by molar-refractivity contribution is 6.35. The number of benzene rings is 1. The smallest absolute Gasteiger partial charge is 0.311 e. The first-order valence-electron chi connectivity index (χ1n) is 9.45. The van der Waals surface area contributed by atoms with Crippen molar-refractivity contribution in [1.82, 2.24) is 20.4 Å². The highest BCUT2D eigenvalue weighted by Crippen LogP contribution is 2.19. The van der Waals surface area contributed by atoms with Gasteiger partial charge in [-0.1, -0.05) is 12.1 Å². The number of aliphatic hydroxyl groups excluding tert-OH is 1. The van der Waals surface area contributed by atoms with Gasteiger partial charge in [0.05, 0.1) is 5.54 Å². The zero-order valence-electron chi connectivity index (χ0n) is 18.0. The summed E-state index contributed by atoms with van der Waals surface area (Å²) in [6.45, 7) is 3.07. The van der Waals surface area contributed by atoms with Crippen LogP contribution in [0.3, 0.4) is 0 Å². The standard InChI is InChI=1S/C20H26FN5O5/c1-20(2,24-16(29)18(31)25(3)4)19-23-13(14(27)17(30)26(19)5)15(28)22-10-11-6-8-12(21)9-7-11/h6-9,13-14,27H,10H2,1-5H3,(H,22,28)(H,24,29). The van der Waals surface area contributed by atoms with E-state index >= 15 is 0 Å². The molecule has 2 atom stereocenters. The van der Waals surface area contributed by atoms with E-state index in [1.165, 1.54) is 59.3 Å². The van der Waals surface area contributed by atoms with Gasteiger partial charge in [-0.25, -0.2) is 4.39 Å². The maximum atomic E-state index is 13.0. The van der Waals surface area contributed by atoms with Gasteiger partial charge >= 0.3 is 11.8 Å². The molecule has 0 saturated heterocycles. The van der Waals surface area contributed by atoms with Gasteiger partial charge in [-0.05, 0) is 31.5 Å². The van der Waals surface area contributed by atoms with E-state index < -0.39 is 47.1 Å². The number of hydrogen-bond donors (Lipinski definition) is 3. The minimum atomic E-state index is -1.73. The first kappa shape index (κ1) is 23.9. The minimum absolute atomic E-state index is 0.00429. The number of aliphatic imine (C=N–C) groups is 1. The number of aliphatic hydroxyl groups is 1. The average Bonchev–Trinajstić information content (AvgIpc) is 2.70. The monoisotopic (exact) mass is 435 g/mol. The van der Waals surface area contributed by atoms with Crippen molar-refractivity contribution in [2.24, 2.45) is 4.99 Å². The number of rotatable bonds is 5. The summed E-state index contributed by atoms with van der Waals surface area (Å²) in [5.74, 6) is -3.63. The first-order valence-corrected chi connectivity index (χ1v) is 9.45. The molecule has 0 aromatic heterocycles. The molecule has 1 aromatic carbocycles. The van der Waals surface area contributed by atoms with Crippen LogP contribution >= 0.6 is 0 Å². The zero-order chi connectivity index (χ0) is 23.5. The van der Waals surface area contributed by atoms with Crippen LogP contribution in [-0.2, 0) is 25.7 Å². The van der Waals surface area contributed by atoms with Gasteiger partial charge in [-0.15, -0.1) is 0 Å². The third-order valence-corrected chi connectivity index (χ3v) is 4.70. The van der Waals surface area contributed by atoms with E-state index in [4.69, 9.17) is 0 Å². The van der Waals surface area contributed by atoms with Crippen LogP contribution < -0.4 is 10.6 Å². The molecule has 4 amide bonds. The number of carbonyl (C=O) groups excluding carboxylic acids is 4. The molecule has 168 valence electrons. The second-order valence-corrected chi connectivity index (χ2v) is 7.86. The largest absolute Gasteiger partial charge is 0.380 e. The van der Waals surface area contributed by atoms with Gasteiger partial charge in [0.2, 0.25) is 5.91 Å². The Kier molecular flexibility index (Phi) is 7.11. The highest BCUT2D eigenvalue weighted by atomic mass is 19.1. The van der Waals surface area contributed by atoms with Crippen LogP contribution in [-0.4, -0.2) is 83.2 Å². The average molecular weight is 435 g/mol. The molecule has 31 heavy (non-hydrogen) atoms. The van der Waals surface area contributed by atoms with Crippen LogP contribution in [0.5, 0.6) is 0 Å². The van der Waals surface area contributed by atoms with Crippen LogP contribution in [0, 0.1) is 5.82 Å². The Balaban J connectivity index is 2.23. The number of halogens is 1. The van der Waals surface area contributed by atoms with Gasteiger partial charge in [-0.2, -0.15) is 0 Å². The lowest BCUT2D eigenvalue weighted by molar-refractivity contribution is -0.145. The van der Waals surface area contributed by atoms with Gasteiger partial charge in [0, 0.05) is 27.7 Å². The van der Waals surface area contributed by atoms with Gasteiger partial charge in [0.1, 0.15) is 11.7 Å². The van der Waals surface area contributed by atoms with E-state index in [0.29, 0.717) is 5.56 Å². The first-order chi connectivity index (χ1) is 14.3. The summed E-state index contributed by atoms with van der Waals surface area (Å²) in [4.78, 5) is 55.5. The van der Waals surface area contributed by atoms with E-state index in [9.17, 15) is 28.7 Å². The Bertz CT molecular complexity index is 913. The maximum absolute atomic E-state index is 13.0. The van der Waals surface area contributed by atoms with E-state index in [-0.39, 0.29) is 12.4 Å². The van der Waals surface area contributed by atoms with Crippen LogP contribution in [0.2, 0.25) is 0 Å². The molecular weight excluding hydrogens is 409 g/mol. The summed E-state index contributed by atoms with van der Waals surface area (Å²) in [5.41, 5.74) is -0.689. The molecule has 0 saturated carbocycles. The number of amides is 4. The zero-order valence-corrected chi connectivity index (χ0v) is 18.0. The summed E-state index contributed by atoms with van der Waals surface area (Å²) < 4.78 is 13.0. The summed E-state index contributed by atoms with van der Waals surface area (Å²) >= 11 is 0. The van der Waals surface area contributed by atoms with E-state index in [0.717, 1.165) is 9.80 Å². The fraction of sp³-hybridized carbons (Fsp3) is 0.450. The third kappa shape index (κ3) is 5.43. The summed E-state index contributed by atoms with van der Waals surface area (Å²) in [6, 6.07) is 4.00. The molecule has 10 nitrogen and oxygen atoms in total. The molecule has 2 rings (SSSR count). The van der Waals surface area contributed by atoms with Crippen LogP contribution in [0.15, 0.2) is 29.3 Å². The number of nitrogens with zero attached hydrogens (tertiary/aromatic N) is 3. The predicted octanol–water partition coefficient (Wildman–Crippen LogP) is -0.975. The topological polar surface area (TPSA) is 131 Å². The molecule has 0 spiro atoms. The van der Waals surface area contributed by atoms with Crippen molar-refractivity contribution >= 4 is 29.5 Å². The van der Waals surface area contributed by atoms with Crippen molar-refractivity contribution < 1.29 is 28.7 Å². The molecule has 0 bridgehead atoms. The molecular formula is C20H26FN5O5. The van der Waals surface area contributed by atoms with E-state index in [1.807, 2.05) is 0 Å². The molecule has 2 unspecified atom stereocenters. The SMILES string of the molecule is CN(C)C(=O)C(=O)NC(C)(C)C1=NC(C(=O)NCc2ccc(F)cc2)C(O)C(=O)N1C. The second kappa shape index (κ2) is 9.21. The Hall–Kier alpha value is -3.34. The molecule has 3 N–H and O–H groups in total. The lowest BCUT2D eigenvalue weighted by Gasteiger charge is -2.38. The van der Waals surface area contributed by atoms with E-state index in [2.05, 4.69) is 15.6 Å². The molecule has 1 aliphatic heterocycles. The number of carbonyl (C=O) groups is 4. The number of amidine groups is 1. The molecule has 11 heteroatoms. The Morgan fingerprint density at radius 2 is 1.81 bits per heavy atom. The predicted molar refractivity (Wildman–Crippen MR) is 109 cm³/mol. The summed E-state index contributed by atoms with van der Waals surface area (Å²) in [5, 5.41) is 15.3.